The van der Waals surface area contributed by atoms with Gasteiger partial charge in [0.1, 0.15) is 24.4 Å². The second kappa shape index (κ2) is 10.3. The van der Waals surface area contributed by atoms with Crippen LogP contribution in [-0.4, -0.2) is 96.4 Å². The third-order valence-corrected chi connectivity index (χ3v) is 8.11. The Kier molecular flexibility index (Phi) is 6.89. The molecule has 4 aliphatic rings. The Morgan fingerprint density at radius 3 is 2.17 bits per heavy atom. The molecule has 7 unspecified atom stereocenters. The van der Waals surface area contributed by atoms with E-state index in [2.05, 4.69) is 0 Å². The molecule has 2 aromatic carbocycles. The highest BCUT2D eigenvalue weighted by Gasteiger charge is 2.55. The van der Waals surface area contributed by atoms with E-state index < -0.39 is 67.1 Å². The number of benzene rings is 2. The van der Waals surface area contributed by atoms with Crippen LogP contribution in [-0.2, 0) is 19.0 Å². The Hall–Kier alpha value is -3.33. The normalized spacial score (nSPS) is 34.1. The lowest BCUT2D eigenvalue weighted by Gasteiger charge is -2.44. The number of esters is 1. The van der Waals surface area contributed by atoms with Crippen molar-refractivity contribution >= 4 is 5.97 Å². The molecule has 0 saturated carbocycles. The van der Waals surface area contributed by atoms with Crippen LogP contribution in [0.5, 0.6) is 28.7 Å². The summed E-state index contributed by atoms with van der Waals surface area (Å²) in [6, 6.07) is 6.73. The number of ether oxygens (including phenoxy) is 7. The highest BCUT2D eigenvalue weighted by atomic mass is 16.7. The molecule has 6 rings (SSSR count). The van der Waals surface area contributed by atoms with Gasteiger partial charge in [0.05, 0.1) is 39.5 Å². The van der Waals surface area contributed by atoms with Gasteiger partial charge in [-0.25, -0.2) is 0 Å². The monoisotopic (exact) mass is 562 g/mol. The molecule has 9 atom stereocenters. The van der Waals surface area contributed by atoms with Gasteiger partial charge in [-0.2, -0.15) is 0 Å². The van der Waals surface area contributed by atoms with E-state index in [9.17, 15) is 30.3 Å². The number of phenols is 1. The summed E-state index contributed by atoms with van der Waals surface area (Å²) in [4.78, 5) is 13.3. The van der Waals surface area contributed by atoms with Crippen LogP contribution >= 0.6 is 0 Å². The lowest BCUT2D eigenvalue weighted by atomic mass is 9.66. The molecule has 13 heteroatoms. The van der Waals surface area contributed by atoms with E-state index in [1.807, 2.05) is 0 Å². The molecule has 40 heavy (non-hydrogen) atoms. The van der Waals surface area contributed by atoms with Crippen molar-refractivity contribution < 1.29 is 63.5 Å². The Balaban J connectivity index is 1.48. The number of carbonyl (C=O) groups is 1. The Morgan fingerprint density at radius 2 is 1.55 bits per heavy atom. The predicted octanol–water partition coefficient (Wildman–Crippen LogP) is -0.0696. The number of cyclic esters (lactones) is 1. The summed E-state index contributed by atoms with van der Waals surface area (Å²) in [5.74, 6) is -1.43. The Labute approximate surface area is 228 Å². The van der Waals surface area contributed by atoms with Gasteiger partial charge in [-0.1, -0.05) is 0 Å². The van der Waals surface area contributed by atoms with Crippen molar-refractivity contribution in [3.63, 3.8) is 0 Å². The molecule has 0 bridgehead atoms. The highest BCUT2D eigenvalue weighted by Crippen LogP contribution is 2.57. The van der Waals surface area contributed by atoms with Crippen LogP contribution in [0.4, 0.5) is 0 Å². The van der Waals surface area contributed by atoms with Crippen LogP contribution < -0.4 is 18.9 Å². The number of aliphatic hydroxyl groups excluding tert-OH is 4. The molecule has 2 fully saturated rings. The van der Waals surface area contributed by atoms with E-state index in [1.165, 1.54) is 14.2 Å². The summed E-state index contributed by atoms with van der Waals surface area (Å²) < 4.78 is 39.4. The van der Waals surface area contributed by atoms with Gasteiger partial charge in [0.2, 0.25) is 12.5 Å². The molecule has 216 valence electrons. The minimum absolute atomic E-state index is 0.00309. The van der Waals surface area contributed by atoms with Gasteiger partial charge in [0.25, 0.3) is 0 Å². The molecule has 0 amide bonds. The van der Waals surface area contributed by atoms with Gasteiger partial charge in [-0.3, -0.25) is 4.79 Å². The number of carbonyl (C=O) groups excluding carboxylic acids is 1. The van der Waals surface area contributed by atoms with E-state index in [4.69, 9.17) is 33.2 Å². The highest BCUT2D eigenvalue weighted by molar-refractivity contribution is 5.79. The number of rotatable bonds is 6. The summed E-state index contributed by atoms with van der Waals surface area (Å²) in [5, 5.41) is 51.4. The lowest BCUT2D eigenvalue weighted by Crippen LogP contribution is -2.59. The van der Waals surface area contributed by atoms with Crippen LogP contribution in [0.2, 0.25) is 0 Å². The minimum Gasteiger partial charge on any atom is -0.502 e. The van der Waals surface area contributed by atoms with Crippen LogP contribution in [0.1, 0.15) is 28.7 Å². The quantitative estimate of drug-likeness (QED) is 0.295. The van der Waals surface area contributed by atoms with E-state index in [-0.39, 0.29) is 30.6 Å². The molecule has 13 nitrogen and oxygen atoms in total. The van der Waals surface area contributed by atoms with Crippen molar-refractivity contribution in [1.82, 2.24) is 0 Å². The smallest absolute Gasteiger partial charge is 0.310 e. The van der Waals surface area contributed by atoms with Gasteiger partial charge in [-0.05, 0) is 41.0 Å². The third kappa shape index (κ3) is 4.12. The van der Waals surface area contributed by atoms with E-state index in [1.54, 1.807) is 24.3 Å². The number of methoxy groups -OCH3 is 2. The Morgan fingerprint density at radius 1 is 0.900 bits per heavy atom. The standard InChI is InChI=1S/C27H30O13/c1-34-16-3-10(4-17(35-2)21(16)29)19-11-5-14-15(38-9-37-14)6-12(11)25(13-8-36-26(33)20(13)19)40-27-24(32)23(31)22(30)18(7-28)39-27/h3-6,13,18-20,22-25,27-32H,7-9H2,1-2H3/t13-,18?,19+,20?,22?,23?,24?,25?,27?/m0/s1. The van der Waals surface area contributed by atoms with Crippen molar-refractivity contribution in [2.75, 3.05) is 34.2 Å². The zero-order valence-electron chi connectivity index (χ0n) is 21.6. The molecule has 3 aliphatic heterocycles. The number of hydrogen-bond acceptors (Lipinski definition) is 13. The first-order chi connectivity index (χ1) is 19.3. The topological polar surface area (TPSA) is 183 Å². The number of hydrogen-bond donors (Lipinski definition) is 5. The first kappa shape index (κ1) is 26.9. The van der Waals surface area contributed by atoms with Crippen molar-refractivity contribution in [2.24, 2.45) is 11.8 Å². The van der Waals surface area contributed by atoms with E-state index in [0.717, 1.165) is 0 Å². The average Bonchev–Trinajstić information content (AvgIpc) is 3.58. The largest absolute Gasteiger partial charge is 0.502 e. The van der Waals surface area contributed by atoms with E-state index in [0.29, 0.717) is 28.2 Å². The summed E-state index contributed by atoms with van der Waals surface area (Å²) >= 11 is 0. The van der Waals surface area contributed by atoms with E-state index >= 15 is 0 Å². The molecule has 1 aliphatic carbocycles. The SMILES string of the molecule is COc1cc([C@@H]2c3cc4c(cc3C(OC3OC(CO)C(O)C(O)C3O)[C@H]3COC(=O)C23)OCO4)cc(OC)c1O. The summed E-state index contributed by atoms with van der Waals surface area (Å²) in [6.45, 7) is -0.635. The molecule has 2 aromatic rings. The maximum absolute atomic E-state index is 13.3. The van der Waals surface area contributed by atoms with Crippen molar-refractivity contribution in [3.8, 4) is 28.7 Å². The Bertz CT molecular complexity index is 1270. The van der Waals surface area contributed by atoms with Crippen LogP contribution in [0.25, 0.3) is 0 Å². The molecule has 2 saturated heterocycles. The lowest BCUT2D eigenvalue weighted by molar-refractivity contribution is -0.317. The van der Waals surface area contributed by atoms with Gasteiger partial charge in [-0.15, -0.1) is 0 Å². The maximum atomic E-state index is 13.3. The molecule has 0 aromatic heterocycles. The first-order valence-electron chi connectivity index (χ1n) is 12.8. The summed E-state index contributed by atoms with van der Waals surface area (Å²) in [6.07, 6.45) is -8.35. The summed E-state index contributed by atoms with van der Waals surface area (Å²) in [5.41, 5.74) is 1.83. The summed E-state index contributed by atoms with van der Waals surface area (Å²) in [7, 11) is 2.81. The van der Waals surface area contributed by atoms with Crippen LogP contribution in [0.3, 0.4) is 0 Å². The second-order valence-corrected chi connectivity index (χ2v) is 10.2. The fourth-order valence-electron chi connectivity index (χ4n) is 6.10. The molecule has 5 N–H and O–H groups in total. The van der Waals surface area contributed by atoms with Crippen molar-refractivity contribution in [1.29, 1.82) is 0 Å². The first-order valence-corrected chi connectivity index (χ1v) is 12.8. The fourth-order valence-corrected chi connectivity index (χ4v) is 6.10. The zero-order chi connectivity index (χ0) is 28.3. The van der Waals surface area contributed by atoms with Gasteiger partial charge in [0, 0.05) is 11.8 Å². The molecule has 3 heterocycles. The average molecular weight is 563 g/mol. The molecular weight excluding hydrogens is 532 g/mol. The second-order valence-electron chi connectivity index (χ2n) is 10.2. The molecule has 0 spiro atoms. The van der Waals surface area contributed by atoms with Crippen molar-refractivity contribution in [2.45, 2.75) is 42.7 Å². The minimum atomic E-state index is -1.64. The third-order valence-electron chi connectivity index (χ3n) is 8.11. The molecule has 0 radical (unpaired) electrons. The molecular formula is C27H30O13. The fraction of sp³-hybridized carbons (Fsp3) is 0.519. The maximum Gasteiger partial charge on any atom is 0.310 e. The predicted molar refractivity (Wildman–Crippen MR) is 131 cm³/mol. The van der Waals surface area contributed by atoms with Gasteiger partial charge >= 0.3 is 5.97 Å². The number of phenolic OH excluding ortho intramolecular Hbond substituents is 1. The number of aromatic hydroxyl groups is 1. The number of aliphatic hydroxyl groups is 4. The van der Waals surface area contributed by atoms with Gasteiger partial charge < -0.3 is 58.7 Å². The van der Waals surface area contributed by atoms with Crippen molar-refractivity contribution in [3.05, 3.63) is 41.0 Å². The van der Waals surface area contributed by atoms with Gasteiger partial charge in [0.15, 0.2) is 29.3 Å². The van der Waals surface area contributed by atoms with Crippen LogP contribution in [0.15, 0.2) is 24.3 Å². The zero-order valence-corrected chi connectivity index (χ0v) is 21.6. The number of fused-ring (bicyclic) bond motifs is 3. The van der Waals surface area contributed by atoms with Crippen LogP contribution in [0, 0.1) is 11.8 Å².